The topological polar surface area (TPSA) is 82.4 Å². The third kappa shape index (κ3) is 5.28. The number of esters is 1. The lowest BCUT2D eigenvalue weighted by Crippen LogP contribution is -2.40. The van der Waals surface area contributed by atoms with Crippen LogP contribution in [-0.4, -0.2) is 45.0 Å². The van der Waals surface area contributed by atoms with Gasteiger partial charge in [-0.3, -0.25) is 9.36 Å². The van der Waals surface area contributed by atoms with Crippen molar-refractivity contribution in [3.8, 4) is 11.5 Å². The molecule has 1 aliphatic rings. The summed E-state index contributed by atoms with van der Waals surface area (Å²) in [6, 6.07) is 10.8. The largest absolute Gasteiger partial charge is 0.493 e. The van der Waals surface area contributed by atoms with Crippen LogP contribution < -0.4 is 29.3 Å². The highest BCUT2D eigenvalue weighted by atomic mass is 79.9. The SMILES string of the molecule is CCOC(=O)C1=C(C)N=c2s/c(=C/c3cc(OCC)c(OC)cc3Br)c(=O)n2[C@H]1c1ccc(N(C)C)cc1. The van der Waals surface area contributed by atoms with Crippen LogP contribution >= 0.6 is 27.3 Å². The Morgan fingerprint density at radius 3 is 2.47 bits per heavy atom. The monoisotopic (exact) mass is 599 g/mol. The van der Waals surface area contributed by atoms with Crippen molar-refractivity contribution in [1.29, 1.82) is 0 Å². The number of halogens is 1. The number of nitrogens with zero attached hydrogens (tertiary/aromatic N) is 3. The molecule has 1 atom stereocenters. The minimum Gasteiger partial charge on any atom is -0.493 e. The predicted molar refractivity (Wildman–Crippen MR) is 153 cm³/mol. The maximum absolute atomic E-state index is 13.9. The first-order valence-electron chi connectivity index (χ1n) is 12.2. The van der Waals surface area contributed by atoms with E-state index in [2.05, 4.69) is 20.9 Å². The Kier molecular flexibility index (Phi) is 8.42. The van der Waals surface area contributed by atoms with Crippen LogP contribution in [0.4, 0.5) is 5.69 Å². The molecule has 1 aliphatic heterocycles. The van der Waals surface area contributed by atoms with Crippen molar-refractivity contribution in [2.45, 2.75) is 26.8 Å². The number of benzene rings is 2. The van der Waals surface area contributed by atoms with E-state index >= 15 is 0 Å². The highest BCUT2D eigenvalue weighted by Gasteiger charge is 2.33. The van der Waals surface area contributed by atoms with Gasteiger partial charge < -0.3 is 19.1 Å². The number of carbonyl (C=O) groups is 1. The lowest BCUT2D eigenvalue weighted by Gasteiger charge is -2.25. The molecule has 2 heterocycles. The molecule has 38 heavy (non-hydrogen) atoms. The number of allylic oxidation sites excluding steroid dienone is 1. The summed E-state index contributed by atoms with van der Waals surface area (Å²) in [6.45, 7) is 6.13. The average molecular weight is 601 g/mol. The van der Waals surface area contributed by atoms with Crippen LogP contribution in [-0.2, 0) is 9.53 Å². The number of carbonyl (C=O) groups excluding carboxylic acids is 1. The highest BCUT2D eigenvalue weighted by molar-refractivity contribution is 9.10. The number of hydrogen-bond acceptors (Lipinski definition) is 8. The van der Waals surface area contributed by atoms with Crippen molar-refractivity contribution in [2.24, 2.45) is 4.99 Å². The van der Waals surface area contributed by atoms with E-state index in [4.69, 9.17) is 14.2 Å². The summed E-state index contributed by atoms with van der Waals surface area (Å²) < 4.78 is 19.3. The molecular weight excluding hydrogens is 570 g/mol. The number of fused-ring (bicyclic) bond motifs is 1. The Balaban J connectivity index is 1.93. The van der Waals surface area contributed by atoms with Gasteiger partial charge in [0.05, 0.1) is 42.2 Å². The second-order valence-corrected chi connectivity index (χ2v) is 10.6. The Morgan fingerprint density at radius 2 is 1.87 bits per heavy atom. The molecule has 3 aromatic rings. The summed E-state index contributed by atoms with van der Waals surface area (Å²) in [5.41, 5.74) is 3.20. The fourth-order valence-electron chi connectivity index (χ4n) is 4.29. The number of thiazole rings is 1. The van der Waals surface area contributed by atoms with Crippen LogP contribution in [0, 0.1) is 0 Å². The standard InChI is InChI=1S/C28H30BrN3O5S/c1-7-36-22-13-18(20(29)15-21(22)35-6)14-23-26(33)32-25(17-9-11-19(12-10-17)31(4)5)24(27(34)37-8-2)16(3)30-28(32)38-23/h9-15,25H,7-8H2,1-6H3/b23-14+/t25-/m0/s1. The van der Waals surface area contributed by atoms with Gasteiger partial charge in [0.15, 0.2) is 16.3 Å². The molecule has 0 fully saturated rings. The third-order valence-corrected chi connectivity index (χ3v) is 7.78. The van der Waals surface area contributed by atoms with Gasteiger partial charge in [-0.1, -0.05) is 39.4 Å². The van der Waals surface area contributed by atoms with Gasteiger partial charge in [-0.15, -0.1) is 0 Å². The van der Waals surface area contributed by atoms with Crippen LogP contribution in [0.5, 0.6) is 11.5 Å². The fourth-order valence-corrected chi connectivity index (χ4v) is 5.77. The summed E-state index contributed by atoms with van der Waals surface area (Å²) in [5, 5.41) is 0. The first-order valence-corrected chi connectivity index (χ1v) is 13.8. The Morgan fingerprint density at radius 1 is 1.16 bits per heavy atom. The molecule has 0 radical (unpaired) electrons. The number of methoxy groups -OCH3 is 1. The van der Waals surface area contributed by atoms with Crippen LogP contribution in [0.1, 0.15) is 37.9 Å². The minimum absolute atomic E-state index is 0.222. The summed E-state index contributed by atoms with van der Waals surface area (Å²) >= 11 is 4.85. The van der Waals surface area contributed by atoms with Crippen molar-refractivity contribution in [1.82, 2.24) is 4.57 Å². The van der Waals surface area contributed by atoms with Crippen LogP contribution in [0.15, 0.2) is 61.9 Å². The zero-order chi connectivity index (χ0) is 27.6. The van der Waals surface area contributed by atoms with E-state index in [1.165, 1.54) is 11.3 Å². The molecule has 0 bridgehead atoms. The quantitative estimate of drug-likeness (QED) is 0.364. The van der Waals surface area contributed by atoms with E-state index in [9.17, 15) is 9.59 Å². The molecule has 2 aromatic carbocycles. The predicted octanol–water partition coefficient (Wildman–Crippen LogP) is 4.03. The zero-order valence-corrected chi connectivity index (χ0v) is 24.6. The summed E-state index contributed by atoms with van der Waals surface area (Å²) in [5.74, 6) is 0.689. The maximum Gasteiger partial charge on any atom is 0.338 e. The van der Waals surface area contributed by atoms with E-state index < -0.39 is 12.0 Å². The second-order valence-electron chi connectivity index (χ2n) is 8.75. The smallest absolute Gasteiger partial charge is 0.338 e. The minimum atomic E-state index is -0.665. The van der Waals surface area contributed by atoms with Crippen LogP contribution in [0.2, 0.25) is 0 Å². The first-order chi connectivity index (χ1) is 18.2. The van der Waals surface area contributed by atoms with Gasteiger partial charge in [0.25, 0.3) is 5.56 Å². The van der Waals surface area contributed by atoms with Crippen molar-refractivity contribution in [3.63, 3.8) is 0 Å². The van der Waals surface area contributed by atoms with Gasteiger partial charge in [0.2, 0.25) is 0 Å². The van der Waals surface area contributed by atoms with Crippen LogP contribution in [0.25, 0.3) is 6.08 Å². The van der Waals surface area contributed by atoms with Gasteiger partial charge in [-0.05, 0) is 62.2 Å². The van der Waals surface area contributed by atoms with Gasteiger partial charge in [0.1, 0.15) is 0 Å². The lowest BCUT2D eigenvalue weighted by molar-refractivity contribution is -0.139. The van der Waals surface area contributed by atoms with E-state index in [0.29, 0.717) is 38.7 Å². The molecular formula is C28H30BrN3O5S. The highest BCUT2D eigenvalue weighted by Crippen LogP contribution is 2.34. The maximum atomic E-state index is 13.9. The molecule has 200 valence electrons. The van der Waals surface area contributed by atoms with E-state index in [0.717, 1.165) is 21.3 Å². The fraction of sp³-hybridized carbons (Fsp3) is 0.321. The molecule has 0 spiro atoms. The van der Waals surface area contributed by atoms with E-state index in [1.807, 2.05) is 62.3 Å². The number of hydrogen-bond donors (Lipinski definition) is 0. The number of ether oxygens (including phenoxy) is 3. The van der Waals surface area contributed by atoms with Crippen molar-refractivity contribution < 1.29 is 19.0 Å². The Bertz CT molecular complexity index is 1570. The molecule has 0 saturated carbocycles. The van der Waals surface area contributed by atoms with Crippen molar-refractivity contribution >= 4 is 45.0 Å². The molecule has 10 heteroatoms. The molecule has 8 nitrogen and oxygen atoms in total. The normalized spacial score (nSPS) is 15.1. The summed E-state index contributed by atoms with van der Waals surface area (Å²) in [4.78, 5) is 34.1. The van der Waals surface area contributed by atoms with Gasteiger partial charge in [-0.25, -0.2) is 9.79 Å². The van der Waals surface area contributed by atoms with Gasteiger partial charge >= 0.3 is 5.97 Å². The summed E-state index contributed by atoms with van der Waals surface area (Å²) in [6.07, 6.45) is 1.80. The molecule has 0 aliphatic carbocycles. The van der Waals surface area contributed by atoms with Gasteiger partial charge in [-0.2, -0.15) is 0 Å². The molecule has 1 aromatic heterocycles. The summed E-state index contributed by atoms with van der Waals surface area (Å²) in [7, 11) is 5.50. The van der Waals surface area contributed by atoms with Crippen LogP contribution in [0.3, 0.4) is 0 Å². The van der Waals surface area contributed by atoms with Gasteiger partial charge in [0, 0.05) is 24.3 Å². The molecule has 0 amide bonds. The molecule has 0 N–H and O–H groups in total. The zero-order valence-electron chi connectivity index (χ0n) is 22.2. The number of aromatic nitrogens is 1. The molecule has 0 saturated heterocycles. The van der Waals surface area contributed by atoms with E-state index in [-0.39, 0.29) is 12.2 Å². The first kappa shape index (κ1) is 27.7. The molecule has 0 unspecified atom stereocenters. The number of anilines is 1. The van der Waals surface area contributed by atoms with E-state index in [1.54, 1.807) is 31.6 Å². The lowest BCUT2D eigenvalue weighted by atomic mass is 9.95. The molecule has 4 rings (SSSR count). The Labute approximate surface area is 233 Å². The number of rotatable bonds is 8. The Hall–Kier alpha value is -3.37. The average Bonchev–Trinajstić information content (AvgIpc) is 3.19. The van der Waals surface area contributed by atoms with Crippen molar-refractivity contribution in [3.05, 3.63) is 83.0 Å². The van der Waals surface area contributed by atoms with Crippen molar-refractivity contribution in [2.75, 3.05) is 39.3 Å². The second kappa shape index (κ2) is 11.6. The third-order valence-electron chi connectivity index (χ3n) is 6.11.